The van der Waals surface area contributed by atoms with E-state index < -0.39 is 25.5 Å². The lowest BCUT2D eigenvalue weighted by atomic mass is 9.98. The highest BCUT2D eigenvalue weighted by molar-refractivity contribution is 6.82. The van der Waals surface area contributed by atoms with Crippen molar-refractivity contribution >= 4 is 151 Å². The van der Waals surface area contributed by atoms with Crippen LogP contribution in [0.3, 0.4) is 0 Å². The molecule has 0 aromatic carbocycles. The van der Waals surface area contributed by atoms with Crippen molar-refractivity contribution in [3.05, 3.63) is 0 Å². The lowest BCUT2D eigenvalue weighted by Gasteiger charge is -2.51. The second kappa shape index (κ2) is 9.50. The zero-order valence-electron chi connectivity index (χ0n) is 12.6. The van der Waals surface area contributed by atoms with Gasteiger partial charge in [-0.25, -0.2) is 0 Å². The molecule has 0 spiro atoms. The summed E-state index contributed by atoms with van der Waals surface area (Å²) in [7, 11) is 0. The standard InChI is InChI=1S/C12H13Cl13/c1-3-6(2)4-5-7(13,14)8(15,16)9(17,18)10(19,20)11(21,22)12(23,24)25/h6H,3-5H2,1-2H3. The van der Waals surface area contributed by atoms with Crippen LogP contribution in [0, 0.1) is 5.92 Å². The Kier molecular flexibility index (Phi) is 10.9. The smallest absolute Gasteiger partial charge is 0.0982 e. The summed E-state index contributed by atoms with van der Waals surface area (Å²) >= 11 is 79.4. The molecule has 0 radical (unpaired) electrons. The van der Waals surface area contributed by atoms with Crippen LogP contribution in [-0.4, -0.2) is 25.5 Å². The first-order valence-corrected chi connectivity index (χ1v) is 11.6. The quantitative estimate of drug-likeness (QED) is 0.238. The van der Waals surface area contributed by atoms with Gasteiger partial charge in [-0.05, 0) is 18.8 Å². The minimum atomic E-state index is -2.62. The van der Waals surface area contributed by atoms with Crippen LogP contribution >= 0.6 is 151 Å². The molecular weight excluding hydrogens is 605 g/mol. The number of rotatable bonds is 8. The largest absolute Gasteiger partial charge is 0.226 e. The predicted octanol–water partition coefficient (Wildman–Crippen LogP) is 10.1. The maximum atomic E-state index is 6.31. The predicted molar refractivity (Wildman–Crippen MR) is 121 cm³/mol. The summed E-state index contributed by atoms with van der Waals surface area (Å²) in [6.45, 7) is 3.98. The molecule has 0 aliphatic heterocycles. The molecule has 152 valence electrons. The Bertz CT molecular complexity index is 448. The maximum absolute atomic E-state index is 6.31. The van der Waals surface area contributed by atoms with E-state index >= 15 is 0 Å². The van der Waals surface area contributed by atoms with Gasteiger partial charge in [0.2, 0.25) is 8.13 Å². The lowest BCUT2D eigenvalue weighted by Crippen LogP contribution is -2.65. The summed E-state index contributed by atoms with van der Waals surface area (Å²) in [6.07, 6.45) is 1.54. The summed E-state index contributed by atoms with van der Waals surface area (Å²) in [5, 5.41) is 0. The molecule has 1 atom stereocenters. The van der Waals surface area contributed by atoms with Gasteiger partial charge < -0.3 is 0 Å². The molecule has 0 N–H and O–H groups in total. The third-order valence-electron chi connectivity index (χ3n) is 3.65. The zero-order valence-corrected chi connectivity index (χ0v) is 22.4. The summed E-state index contributed by atoms with van der Waals surface area (Å²) in [5.74, 6) is 0.277. The van der Waals surface area contributed by atoms with Gasteiger partial charge in [0.05, 0.1) is 0 Å². The second-order valence-corrected chi connectivity index (χ2v) is 14.6. The molecule has 0 bridgehead atoms. The van der Waals surface area contributed by atoms with Gasteiger partial charge in [0.15, 0.2) is 17.3 Å². The molecule has 25 heavy (non-hydrogen) atoms. The lowest BCUT2D eigenvalue weighted by molar-refractivity contribution is 0.428. The molecule has 0 heterocycles. The maximum Gasteiger partial charge on any atom is 0.226 e. The van der Waals surface area contributed by atoms with Gasteiger partial charge in [-0.3, -0.25) is 0 Å². The Morgan fingerprint density at radius 1 is 0.600 bits per heavy atom. The Morgan fingerprint density at radius 2 is 0.960 bits per heavy atom. The minimum absolute atomic E-state index is 0.106. The van der Waals surface area contributed by atoms with Crippen molar-refractivity contribution in [3.8, 4) is 0 Å². The van der Waals surface area contributed by atoms with Crippen molar-refractivity contribution in [1.82, 2.24) is 0 Å². The molecule has 0 saturated heterocycles. The van der Waals surface area contributed by atoms with E-state index in [1.807, 2.05) is 13.8 Å². The molecule has 0 aliphatic rings. The topological polar surface area (TPSA) is 0 Å². The van der Waals surface area contributed by atoms with E-state index in [0.717, 1.165) is 6.42 Å². The van der Waals surface area contributed by atoms with Crippen LogP contribution in [-0.2, 0) is 0 Å². The van der Waals surface area contributed by atoms with Gasteiger partial charge >= 0.3 is 0 Å². The van der Waals surface area contributed by atoms with Crippen molar-refractivity contribution in [2.75, 3.05) is 0 Å². The number of hydrogen-bond acceptors (Lipinski definition) is 0. The molecule has 0 fully saturated rings. The van der Waals surface area contributed by atoms with E-state index in [-0.39, 0.29) is 12.3 Å². The molecule has 0 aromatic heterocycles. The van der Waals surface area contributed by atoms with Crippen LogP contribution < -0.4 is 0 Å². The van der Waals surface area contributed by atoms with Crippen molar-refractivity contribution in [2.45, 2.75) is 58.6 Å². The van der Waals surface area contributed by atoms with Gasteiger partial charge in [0, 0.05) is 0 Å². The molecule has 0 saturated carbocycles. The van der Waals surface area contributed by atoms with Crippen LogP contribution in [0.5, 0.6) is 0 Å². The Balaban J connectivity index is 5.95. The van der Waals surface area contributed by atoms with E-state index in [1.54, 1.807) is 0 Å². The van der Waals surface area contributed by atoms with Crippen LogP contribution in [0.1, 0.15) is 33.1 Å². The SMILES string of the molecule is CCC(C)CCC(Cl)(Cl)C(Cl)(Cl)C(Cl)(Cl)C(Cl)(Cl)C(Cl)(Cl)C(Cl)(Cl)Cl. The average Bonchev–Trinajstić information content (AvgIpc) is 2.42. The molecule has 13 heteroatoms. The molecule has 0 aliphatic carbocycles. The van der Waals surface area contributed by atoms with E-state index in [0.29, 0.717) is 6.42 Å². The Morgan fingerprint density at radius 3 is 1.28 bits per heavy atom. The average molecular weight is 618 g/mol. The van der Waals surface area contributed by atoms with Gasteiger partial charge in [0.1, 0.15) is 0 Å². The molecule has 0 rings (SSSR count). The third kappa shape index (κ3) is 5.72. The highest BCUT2D eigenvalue weighted by Crippen LogP contribution is 2.69. The van der Waals surface area contributed by atoms with Crippen LogP contribution in [0.4, 0.5) is 0 Å². The molecule has 1 unspecified atom stereocenters. The van der Waals surface area contributed by atoms with Gasteiger partial charge in [0.25, 0.3) is 0 Å². The number of hydrogen-bond donors (Lipinski definition) is 0. The first-order chi connectivity index (χ1) is 10.7. The number of alkyl halides is 13. The highest BCUT2D eigenvalue weighted by atomic mass is 35.6. The molecule has 0 aromatic rings. The number of halogens is 13. The van der Waals surface area contributed by atoms with Crippen molar-refractivity contribution < 1.29 is 0 Å². The second-order valence-electron chi connectivity index (χ2n) is 5.55. The molecule has 0 nitrogen and oxygen atoms in total. The van der Waals surface area contributed by atoms with Gasteiger partial charge in [-0.1, -0.05) is 171 Å². The molecular formula is C12H13Cl13. The van der Waals surface area contributed by atoms with E-state index in [2.05, 4.69) is 0 Å². The zero-order chi connectivity index (χ0) is 20.7. The summed E-state index contributed by atoms with van der Waals surface area (Å²) in [5.41, 5.74) is 0. The van der Waals surface area contributed by atoms with Crippen molar-refractivity contribution in [2.24, 2.45) is 5.92 Å². The van der Waals surface area contributed by atoms with Crippen LogP contribution in [0.25, 0.3) is 0 Å². The highest BCUT2D eigenvalue weighted by Gasteiger charge is 2.76. The summed E-state index contributed by atoms with van der Waals surface area (Å²) in [6, 6.07) is 0. The Labute approximate surface area is 213 Å². The fourth-order valence-corrected chi connectivity index (χ4v) is 5.32. The van der Waals surface area contributed by atoms with E-state index in [4.69, 9.17) is 151 Å². The van der Waals surface area contributed by atoms with Crippen molar-refractivity contribution in [3.63, 3.8) is 0 Å². The fraction of sp³-hybridized carbons (Fsp3) is 1.00. The van der Waals surface area contributed by atoms with E-state index in [1.165, 1.54) is 0 Å². The van der Waals surface area contributed by atoms with Crippen LogP contribution in [0.2, 0.25) is 0 Å². The normalized spacial score (nSPS) is 16.9. The van der Waals surface area contributed by atoms with Crippen molar-refractivity contribution in [1.29, 1.82) is 0 Å². The van der Waals surface area contributed by atoms with E-state index in [9.17, 15) is 0 Å². The first kappa shape index (κ1) is 28.8. The minimum Gasteiger partial charge on any atom is -0.0982 e. The Hall–Kier alpha value is 3.77. The first-order valence-electron chi connectivity index (χ1n) is 6.66. The van der Waals surface area contributed by atoms with Gasteiger partial charge in [-0.15, -0.1) is 0 Å². The van der Waals surface area contributed by atoms with Crippen LogP contribution in [0.15, 0.2) is 0 Å². The third-order valence-corrected chi connectivity index (χ3v) is 12.2. The fourth-order valence-electron chi connectivity index (χ4n) is 1.59. The molecule has 0 amide bonds. The monoisotopic (exact) mass is 612 g/mol. The summed E-state index contributed by atoms with van der Waals surface area (Å²) in [4.78, 5) is 0. The van der Waals surface area contributed by atoms with Gasteiger partial charge in [-0.2, -0.15) is 0 Å². The summed E-state index contributed by atoms with van der Waals surface area (Å²) < 4.78 is -14.4.